The Labute approximate surface area is 122 Å². The number of ether oxygens (including phenoxy) is 2. The van der Waals surface area contributed by atoms with Crippen LogP contribution in [-0.2, 0) is 18.3 Å². The van der Waals surface area contributed by atoms with Crippen molar-refractivity contribution in [3.8, 4) is 0 Å². The van der Waals surface area contributed by atoms with Crippen LogP contribution in [0, 0.1) is 0 Å². The Morgan fingerprint density at radius 2 is 1.80 bits per heavy atom. The number of nitrogens with zero attached hydrogens (tertiary/aromatic N) is 1. The van der Waals surface area contributed by atoms with E-state index in [0.29, 0.717) is 6.61 Å². The summed E-state index contributed by atoms with van der Waals surface area (Å²) in [6, 6.07) is 0.189. The largest absolute Gasteiger partial charge is 0.454 e. The van der Waals surface area contributed by atoms with Gasteiger partial charge in [0.05, 0.1) is 6.61 Å². The van der Waals surface area contributed by atoms with Crippen molar-refractivity contribution in [3.63, 3.8) is 0 Å². The molecule has 2 aliphatic heterocycles. The molecule has 0 aliphatic carbocycles. The third kappa shape index (κ3) is 4.04. The third-order valence-corrected chi connectivity index (χ3v) is 4.98. The van der Waals surface area contributed by atoms with E-state index in [1.807, 2.05) is 0 Å². The fourth-order valence-corrected chi connectivity index (χ4v) is 4.02. The van der Waals surface area contributed by atoms with Gasteiger partial charge in [-0.15, -0.1) is 0 Å². The molecular formula is C12H26N2O4Si2. The van der Waals surface area contributed by atoms with Crippen molar-refractivity contribution in [1.82, 2.24) is 0 Å². The van der Waals surface area contributed by atoms with E-state index in [1.54, 1.807) is 0 Å². The minimum atomic E-state index is -1.72. The predicted molar refractivity (Wildman–Crippen MR) is 82.7 cm³/mol. The molecule has 116 valence electrons. The lowest BCUT2D eigenvalue weighted by Crippen LogP contribution is -2.46. The summed E-state index contributed by atoms with van der Waals surface area (Å²) in [6.07, 6.45) is -0.892. The highest BCUT2D eigenvalue weighted by Gasteiger charge is 2.51. The van der Waals surface area contributed by atoms with Crippen molar-refractivity contribution in [2.45, 2.75) is 63.8 Å². The van der Waals surface area contributed by atoms with Crippen LogP contribution in [0.5, 0.6) is 0 Å². The number of fused-ring (bicyclic) bond motifs is 1. The lowest BCUT2D eigenvalue weighted by Gasteiger charge is -2.30. The molecule has 4 unspecified atom stereocenters. The molecule has 0 bridgehead atoms. The molecule has 20 heavy (non-hydrogen) atoms. The van der Waals surface area contributed by atoms with Gasteiger partial charge in [-0.2, -0.15) is 4.99 Å². The van der Waals surface area contributed by atoms with Gasteiger partial charge in [0.2, 0.25) is 0 Å². The van der Waals surface area contributed by atoms with E-state index in [2.05, 4.69) is 44.3 Å². The second kappa shape index (κ2) is 5.41. The summed E-state index contributed by atoms with van der Waals surface area (Å²) in [5.41, 5.74) is 5.62. The highest BCUT2D eigenvalue weighted by Crippen LogP contribution is 2.33. The first kappa shape index (κ1) is 16.0. The van der Waals surface area contributed by atoms with E-state index in [4.69, 9.17) is 24.1 Å². The van der Waals surface area contributed by atoms with Crippen molar-refractivity contribution in [1.29, 1.82) is 0 Å². The van der Waals surface area contributed by atoms with E-state index < -0.39 is 16.6 Å². The number of nitrogens with two attached hydrogens (primary N) is 1. The summed E-state index contributed by atoms with van der Waals surface area (Å²) in [5, 5.41) is 0. The van der Waals surface area contributed by atoms with Gasteiger partial charge in [0, 0.05) is 0 Å². The normalized spacial score (nSPS) is 33.8. The molecule has 0 aromatic heterocycles. The van der Waals surface area contributed by atoms with E-state index in [0.717, 1.165) is 0 Å². The van der Waals surface area contributed by atoms with Crippen LogP contribution in [0.15, 0.2) is 4.99 Å². The highest BCUT2D eigenvalue weighted by atomic mass is 28.4. The number of aliphatic imine (C=N–C) groups is 1. The van der Waals surface area contributed by atoms with Crippen molar-refractivity contribution < 1.29 is 18.3 Å². The minimum Gasteiger partial charge on any atom is -0.454 e. The second-order valence-corrected chi connectivity index (χ2v) is 16.2. The number of amidine groups is 1. The Morgan fingerprint density at radius 1 is 1.15 bits per heavy atom. The molecule has 2 rings (SSSR count). The van der Waals surface area contributed by atoms with Crippen molar-refractivity contribution in [2.75, 3.05) is 6.61 Å². The molecule has 2 N–H and O–H groups in total. The first-order chi connectivity index (χ1) is 9.05. The van der Waals surface area contributed by atoms with Crippen LogP contribution in [0.3, 0.4) is 0 Å². The fraction of sp³-hybridized carbons (Fsp3) is 0.917. The predicted octanol–water partition coefficient (Wildman–Crippen LogP) is 1.50. The van der Waals surface area contributed by atoms with Gasteiger partial charge in [-0.25, -0.2) is 0 Å². The lowest BCUT2D eigenvalue weighted by molar-refractivity contribution is -0.0109. The maximum atomic E-state index is 6.23. The molecule has 0 radical (unpaired) electrons. The SMILES string of the molecule is C[Si](C)(C)OCC1OC2N=C(N)OC2C1O[Si](C)(C)C. The van der Waals surface area contributed by atoms with Crippen LogP contribution >= 0.6 is 0 Å². The van der Waals surface area contributed by atoms with Gasteiger partial charge in [-0.05, 0) is 39.3 Å². The van der Waals surface area contributed by atoms with E-state index in [9.17, 15) is 0 Å². The van der Waals surface area contributed by atoms with Crippen LogP contribution in [0.4, 0.5) is 0 Å². The standard InChI is InChI=1S/C12H26N2O4Si2/c1-19(2,3)15-7-8-9(18-20(4,5)6)10-11(16-8)14-12(13)17-10/h8-11H,7H2,1-6H3,(H2,13,14). The summed E-state index contributed by atoms with van der Waals surface area (Å²) >= 11 is 0. The van der Waals surface area contributed by atoms with Crippen LogP contribution in [0.2, 0.25) is 39.3 Å². The molecule has 0 aromatic rings. The topological polar surface area (TPSA) is 75.3 Å². The smallest absolute Gasteiger partial charge is 0.285 e. The molecule has 2 heterocycles. The average molecular weight is 319 g/mol. The van der Waals surface area contributed by atoms with Gasteiger partial charge in [0.25, 0.3) is 6.02 Å². The highest BCUT2D eigenvalue weighted by molar-refractivity contribution is 6.70. The average Bonchev–Trinajstić information content (AvgIpc) is 2.71. The zero-order chi connectivity index (χ0) is 15.1. The molecule has 0 saturated carbocycles. The summed E-state index contributed by atoms with van der Waals surface area (Å²) < 4.78 is 23.7. The summed E-state index contributed by atoms with van der Waals surface area (Å²) in [6.45, 7) is 13.4. The Balaban J connectivity index is 2.05. The van der Waals surface area contributed by atoms with Crippen LogP contribution < -0.4 is 5.73 Å². The minimum absolute atomic E-state index is 0.139. The molecule has 1 fully saturated rings. The van der Waals surface area contributed by atoms with Gasteiger partial charge < -0.3 is 24.1 Å². The fourth-order valence-electron chi connectivity index (χ4n) is 2.25. The number of hydrogen-bond donors (Lipinski definition) is 1. The second-order valence-electron chi connectivity index (χ2n) is 7.23. The molecule has 0 aromatic carbocycles. The van der Waals surface area contributed by atoms with Gasteiger partial charge in [-0.1, -0.05) is 0 Å². The molecule has 0 amide bonds. The first-order valence-corrected chi connectivity index (χ1v) is 13.8. The lowest BCUT2D eigenvalue weighted by atomic mass is 10.1. The maximum absolute atomic E-state index is 6.23. The first-order valence-electron chi connectivity index (χ1n) is 7.02. The van der Waals surface area contributed by atoms with E-state index in [1.165, 1.54) is 0 Å². The molecule has 4 atom stereocenters. The van der Waals surface area contributed by atoms with E-state index >= 15 is 0 Å². The zero-order valence-corrected chi connectivity index (χ0v) is 15.2. The molecule has 6 nitrogen and oxygen atoms in total. The van der Waals surface area contributed by atoms with E-state index in [-0.39, 0.29) is 30.6 Å². The number of rotatable bonds is 5. The van der Waals surface area contributed by atoms with Gasteiger partial charge >= 0.3 is 0 Å². The van der Waals surface area contributed by atoms with Crippen LogP contribution in [0.1, 0.15) is 0 Å². The summed E-state index contributed by atoms with van der Waals surface area (Å²) in [7, 11) is -3.31. The monoisotopic (exact) mass is 318 g/mol. The molecule has 8 heteroatoms. The Bertz CT molecular complexity index is 392. The van der Waals surface area contributed by atoms with Gasteiger partial charge in [0.15, 0.2) is 29.0 Å². The van der Waals surface area contributed by atoms with Gasteiger partial charge in [0.1, 0.15) is 12.2 Å². The quantitative estimate of drug-likeness (QED) is 0.777. The van der Waals surface area contributed by atoms with Crippen LogP contribution in [-0.4, -0.2) is 53.8 Å². The maximum Gasteiger partial charge on any atom is 0.285 e. The molecule has 1 saturated heterocycles. The summed E-state index contributed by atoms with van der Waals surface area (Å²) in [4.78, 5) is 4.17. The molecule has 2 aliphatic rings. The Morgan fingerprint density at radius 3 is 2.35 bits per heavy atom. The third-order valence-electron chi connectivity index (χ3n) is 2.97. The number of hydrogen-bond acceptors (Lipinski definition) is 6. The molecule has 0 spiro atoms. The Hall–Kier alpha value is -0.416. The van der Waals surface area contributed by atoms with Crippen molar-refractivity contribution in [2.24, 2.45) is 10.7 Å². The van der Waals surface area contributed by atoms with Gasteiger partial charge in [-0.3, -0.25) is 0 Å². The van der Waals surface area contributed by atoms with Crippen molar-refractivity contribution in [3.05, 3.63) is 0 Å². The zero-order valence-electron chi connectivity index (χ0n) is 13.2. The van der Waals surface area contributed by atoms with Crippen molar-refractivity contribution >= 4 is 22.7 Å². The Kier molecular flexibility index (Phi) is 4.32. The molecular weight excluding hydrogens is 292 g/mol. The van der Waals surface area contributed by atoms with Crippen LogP contribution in [0.25, 0.3) is 0 Å². The summed E-state index contributed by atoms with van der Waals surface area (Å²) in [5.74, 6) is 0.